The number of nitrogens with one attached hydrogen (secondary N) is 1. The summed E-state index contributed by atoms with van der Waals surface area (Å²) >= 11 is 0. The molecule has 3 atom stereocenters. The van der Waals surface area contributed by atoms with Gasteiger partial charge in [0.2, 0.25) is 0 Å². The normalized spacial score (nSPS) is 23.3. The molecule has 4 heteroatoms. The molecule has 2 aromatic rings. The van der Waals surface area contributed by atoms with Gasteiger partial charge in [0.05, 0.1) is 23.4 Å². The topological polar surface area (TPSA) is 58.6 Å². The van der Waals surface area contributed by atoms with Crippen LogP contribution in [-0.4, -0.2) is 17.2 Å². The van der Waals surface area contributed by atoms with Crippen molar-refractivity contribution in [3.63, 3.8) is 0 Å². The summed E-state index contributed by atoms with van der Waals surface area (Å²) in [5.41, 5.74) is 3.76. The number of anilines is 1. The van der Waals surface area contributed by atoms with E-state index in [4.69, 9.17) is 9.84 Å². The van der Waals surface area contributed by atoms with Crippen molar-refractivity contribution in [1.82, 2.24) is 0 Å². The van der Waals surface area contributed by atoms with Crippen LogP contribution < -0.4 is 10.1 Å². The predicted octanol–water partition coefficient (Wildman–Crippen LogP) is 5.00. The van der Waals surface area contributed by atoms with Gasteiger partial charge >= 0.3 is 5.97 Å². The van der Waals surface area contributed by atoms with Crippen molar-refractivity contribution >= 4 is 11.7 Å². The van der Waals surface area contributed by atoms with E-state index in [2.05, 4.69) is 29.6 Å². The standard InChI is InChI=1S/C22H23NO3/c1-13(2)26-19-8-4-7-18-16-5-3-6-17(16)20(23-21(18)19)14-9-11-15(12-10-14)22(24)25/h3-5,7-13,16-17,20,23H,6H2,1-2H3,(H,24,25)/t16-,17+,20+/m1/s1. The van der Waals surface area contributed by atoms with Crippen molar-refractivity contribution in [1.29, 1.82) is 0 Å². The van der Waals surface area contributed by atoms with Gasteiger partial charge in [-0.3, -0.25) is 0 Å². The number of aromatic carboxylic acids is 1. The van der Waals surface area contributed by atoms with Gasteiger partial charge in [0, 0.05) is 5.92 Å². The molecule has 0 spiro atoms. The number of carboxylic acid groups (broad SMARTS) is 1. The number of hydrogen-bond acceptors (Lipinski definition) is 3. The van der Waals surface area contributed by atoms with Crippen LogP contribution in [0.2, 0.25) is 0 Å². The molecule has 26 heavy (non-hydrogen) atoms. The summed E-state index contributed by atoms with van der Waals surface area (Å²) in [5.74, 6) is 0.758. The Morgan fingerprint density at radius 1 is 1.19 bits per heavy atom. The van der Waals surface area contributed by atoms with E-state index in [1.165, 1.54) is 5.56 Å². The van der Waals surface area contributed by atoms with Crippen LogP contribution in [0.1, 0.15) is 53.7 Å². The molecule has 1 aliphatic carbocycles. The summed E-state index contributed by atoms with van der Waals surface area (Å²) in [4.78, 5) is 11.1. The smallest absolute Gasteiger partial charge is 0.335 e. The molecule has 0 saturated heterocycles. The molecule has 0 aromatic heterocycles. The molecule has 0 bridgehead atoms. The third kappa shape index (κ3) is 2.85. The Labute approximate surface area is 153 Å². The summed E-state index contributed by atoms with van der Waals surface area (Å²) < 4.78 is 6.03. The number of carbonyl (C=O) groups is 1. The highest BCUT2D eigenvalue weighted by atomic mass is 16.5. The first-order valence-electron chi connectivity index (χ1n) is 9.10. The van der Waals surface area contributed by atoms with Crippen LogP contribution in [-0.2, 0) is 0 Å². The highest BCUT2D eigenvalue weighted by Gasteiger charge is 2.39. The highest BCUT2D eigenvalue weighted by molar-refractivity contribution is 5.87. The molecule has 2 N–H and O–H groups in total. The summed E-state index contributed by atoms with van der Waals surface area (Å²) in [6, 6.07) is 13.6. The lowest BCUT2D eigenvalue weighted by Crippen LogP contribution is -2.29. The summed E-state index contributed by atoms with van der Waals surface area (Å²) in [7, 11) is 0. The van der Waals surface area contributed by atoms with Crippen molar-refractivity contribution in [2.75, 3.05) is 5.32 Å². The fraction of sp³-hybridized carbons (Fsp3) is 0.318. The molecule has 1 heterocycles. The van der Waals surface area contributed by atoms with Gasteiger partial charge < -0.3 is 15.2 Å². The molecule has 1 aliphatic heterocycles. The number of benzene rings is 2. The Bertz CT molecular complexity index is 854. The molecule has 4 rings (SSSR count). The quantitative estimate of drug-likeness (QED) is 0.763. The number of rotatable bonds is 4. The third-order valence-electron chi connectivity index (χ3n) is 5.24. The summed E-state index contributed by atoms with van der Waals surface area (Å²) in [6.07, 6.45) is 5.66. The fourth-order valence-electron chi connectivity index (χ4n) is 4.11. The fourth-order valence-corrected chi connectivity index (χ4v) is 4.11. The Morgan fingerprint density at radius 3 is 2.65 bits per heavy atom. The number of hydrogen-bond donors (Lipinski definition) is 2. The minimum atomic E-state index is -0.897. The van der Waals surface area contributed by atoms with Crippen LogP contribution in [0.15, 0.2) is 54.6 Å². The lowest BCUT2D eigenvalue weighted by atomic mass is 9.77. The zero-order valence-corrected chi connectivity index (χ0v) is 15.0. The zero-order chi connectivity index (χ0) is 18.3. The molecule has 2 aromatic carbocycles. The maximum absolute atomic E-state index is 11.1. The molecule has 0 unspecified atom stereocenters. The first kappa shape index (κ1) is 16.7. The van der Waals surface area contributed by atoms with Crippen molar-refractivity contribution < 1.29 is 14.6 Å². The van der Waals surface area contributed by atoms with Crippen LogP contribution in [0.25, 0.3) is 0 Å². The molecule has 0 radical (unpaired) electrons. The Balaban J connectivity index is 1.74. The molecule has 2 aliphatic rings. The first-order chi connectivity index (χ1) is 12.5. The predicted molar refractivity (Wildman–Crippen MR) is 102 cm³/mol. The Kier molecular flexibility index (Phi) is 4.19. The lowest BCUT2D eigenvalue weighted by molar-refractivity contribution is 0.0697. The third-order valence-corrected chi connectivity index (χ3v) is 5.24. The molecule has 0 fully saturated rings. The average Bonchev–Trinajstić information content (AvgIpc) is 3.11. The number of fused-ring (bicyclic) bond motifs is 3. The molecule has 0 amide bonds. The van der Waals surface area contributed by atoms with E-state index in [1.807, 2.05) is 32.0 Å². The number of ether oxygens (including phenoxy) is 1. The van der Waals surface area contributed by atoms with Gasteiger partial charge in [-0.15, -0.1) is 0 Å². The molecular weight excluding hydrogens is 326 g/mol. The van der Waals surface area contributed by atoms with E-state index in [9.17, 15) is 4.79 Å². The van der Waals surface area contributed by atoms with Gasteiger partial charge in [-0.2, -0.15) is 0 Å². The maximum atomic E-state index is 11.1. The second kappa shape index (κ2) is 6.52. The van der Waals surface area contributed by atoms with E-state index in [-0.39, 0.29) is 12.1 Å². The summed E-state index contributed by atoms with van der Waals surface area (Å²) in [6.45, 7) is 4.06. The van der Waals surface area contributed by atoms with E-state index in [0.29, 0.717) is 17.4 Å². The first-order valence-corrected chi connectivity index (χ1v) is 9.10. The van der Waals surface area contributed by atoms with Crippen molar-refractivity contribution in [3.05, 3.63) is 71.3 Å². The van der Waals surface area contributed by atoms with Crippen LogP contribution in [0.4, 0.5) is 5.69 Å². The lowest BCUT2D eigenvalue weighted by Gasteiger charge is -2.38. The van der Waals surface area contributed by atoms with Crippen LogP contribution >= 0.6 is 0 Å². The van der Waals surface area contributed by atoms with Gasteiger partial charge in [0.1, 0.15) is 5.75 Å². The van der Waals surface area contributed by atoms with Crippen molar-refractivity contribution in [3.8, 4) is 5.75 Å². The minimum Gasteiger partial charge on any atom is -0.489 e. The van der Waals surface area contributed by atoms with Gasteiger partial charge in [0.15, 0.2) is 0 Å². The Morgan fingerprint density at radius 2 is 1.96 bits per heavy atom. The highest BCUT2D eigenvalue weighted by Crippen LogP contribution is 2.52. The minimum absolute atomic E-state index is 0.105. The van der Waals surface area contributed by atoms with E-state index >= 15 is 0 Å². The van der Waals surface area contributed by atoms with Gasteiger partial charge in [0.25, 0.3) is 0 Å². The van der Waals surface area contributed by atoms with Crippen LogP contribution in [0.5, 0.6) is 5.75 Å². The second-order valence-electron chi connectivity index (χ2n) is 7.29. The maximum Gasteiger partial charge on any atom is 0.335 e. The monoisotopic (exact) mass is 349 g/mol. The van der Waals surface area contributed by atoms with E-state index in [0.717, 1.165) is 23.4 Å². The van der Waals surface area contributed by atoms with E-state index in [1.54, 1.807) is 12.1 Å². The van der Waals surface area contributed by atoms with Crippen molar-refractivity contribution in [2.24, 2.45) is 5.92 Å². The number of allylic oxidation sites excluding steroid dienone is 2. The van der Waals surface area contributed by atoms with Gasteiger partial charge in [-0.1, -0.05) is 36.4 Å². The Hall–Kier alpha value is -2.75. The molecule has 0 saturated carbocycles. The van der Waals surface area contributed by atoms with Crippen LogP contribution in [0.3, 0.4) is 0 Å². The molecule has 4 nitrogen and oxygen atoms in total. The van der Waals surface area contributed by atoms with E-state index < -0.39 is 5.97 Å². The average molecular weight is 349 g/mol. The summed E-state index contributed by atoms with van der Waals surface area (Å²) in [5, 5.41) is 12.8. The zero-order valence-electron chi connectivity index (χ0n) is 15.0. The van der Waals surface area contributed by atoms with Crippen LogP contribution in [0, 0.1) is 5.92 Å². The van der Waals surface area contributed by atoms with Gasteiger partial charge in [-0.25, -0.2) is 4.79 Å². The van der Waals surface area contributed by atoms with Gasteiger partial charge in [-0.05, 0) is 55.5 Å². The molecule has 134 valence electrons. The number of para-hydroxylation sites is 1. The largest absolute Gasteiger partial charge is 0.489 e. The SMILES string of the molecule is CC(C)Oc1cccc2c1N[C@@H](c1ccc(C(=O)O)cc1)[C@H]1CC=C[C@@H]21. The number of carboxylic acids is 1. The van der Waals surface area contributed by atoms with Crippen molar-refractivity contribution in [2.45, 2.75) is 38.3 Å². The molecular formula is C22H23NO3. The second-order valence-corrected chi connectivity index (χ2v) is 7.29.